The van der Waals surface area contributed by atoms with E-state index < -0.39 is 0 Å². The maximum absolute atomic E-state index is 6.32. The molecule has 0 bridgehead atoms. The molecule has 0 spiro atoms. The number of hydrogen-bond acceptors (Lipinski definition) is 3. The maximum Gasteiger partial charge on any atom is 0.153 e. The highest BCUT2D eigenvalue weighted by Gasteiger charge is 2.17. The van der Waals surface area contributed by atoms with E-state index in [0.717, 1.165) is 44.6 Å². The molecular weight excluding hydrogens is 404 g/mol. The summed E-state index contributed by atoms with van der Waals surface area (Å²) in [6.07, 6.45) is 1.86. The number of hydrogen-bond donors (Lipinski definition) is 0. The van der Waals surface area contributed by atoms with Crippen LogP contribution in [-0.2, 0) is 0 Å². The van der Waals surface area contributed by atoms with Gasteiger partial charge in [-0.1, -0.05) is 73.7 Å². The van der Waals surface area contributed by atoms with Crippen molar-refractivity contribution in [2.45, 2.75) is 12.8 Å². The molecule has 0 N–H and O–H groups in total. The van der Waals surface area contributed by atoms with Crippen LogP contribution in [0, 0.1) is 0 Å². The molecule has 1 unspecified atom stereocenters. The van der Waals surface area contributed by atoms with Gasteiger partial charge in [-0.25, -0.2) is 4.98 Å². The van der Waals surface area contributed by atoms with E-state index in [4.69, 9.17) is 9.40 Å². The number of aromatic nitrogens is 2. The summed E-state index contributed by atoms with van der Waals surface area (Å²) in [4.78, 5) is 9.69. The molecule has 3 aromatic heterocycles. The van der Waals surface area contributed by atoms with E-state index in [0.29, 0.717) is 0 Å². The lowest BCUT2D eigenvalue weighted by Gasteiger charge is -2.11. The van der Waals surface area contributed by atoms with E-state index in [2.05, 4.69) is 90.8 Å². The lowest BCUT2D eigenvalue weighted by Crippen LogP contribution is -1.98. The minimum absolute atomic E-state index is 0.202. The van der Waals surface area contributed by atoms with Crippen LogP contribution < -0.4 is 0 Å². The smallest absolute Gasteiger partial charge is 0.153 e. The Labute approximate surface area is 192 Å². The van der Waals surface area contributed by atoms with Crippen molar-refractivity contribution >= 4 is 22.1 Å². The van der Waals surface area contributed by atoms with Crippen LogP contribution in [-0.4, -0.2) is 9.97 Å². The van der Waals surface area contributed by atoms with Crippen LogP contribution in [0.25, 0.3) is 44.5 Å². The zero-order valence-electron chi connectivity index (χ0n) is 18.3. The van der Waals surface area contributed by atoms with E-state index in [-0.39, 0.29) is 5.92 Å². The number of rotatable bonds is 4. The quantitative estimate of drug-likeness (QED) is 0.288. The van der Waals surface area contributed by atoms with E-state index in [1.807, 2.05) is 30.5 Å². The van der Waals surface area contributed by atoms with Gasteiger partial charge in [0.1, 0.15) is 11.1 Å². The number of benzene rings is 3. The fraction of sp³-hybridized carbons (Fsp3) is 0.0667. The van der Waals surface area contributed by atoms with E-state index in [1.165, 1.54) is 11.1 Å². The van der Waals surface area contributed by atoms with Gasteiger partial charge in [-0.3, -0.25) is 4.98 Å². The second-order valence-electron chi connectivity index (χ2n) is 8.30. The first kappa shape index (κ1) is 19.4. The zero-order chi connectivity index (χ0) is 22.2. The first-order valence-electron chi connectivity index (χ1n) is 11.2. The average molecular weight is 427 g/mol. The Kier molecular flexibility index (Phi) is 4.73. The molecule has 158 valence electrons. The van der Waals surface area contributed by atoms with E-state index in [1.54, 1.807) is 0 Å². The number of furan rings is 1. The van der Waals surface area contributed by atoms with Crippen molar-refractivity contribution in [1.29, 1.82) is 0 Å². The molecule has 6 rings (SSSR count). The number of pyridine rings is 2. The molecule has 3 nitrogen and oxygen atoms in total. The highest BCUT2D eigenvalue weighted by Crippen LogP contribution is 2.36. The standard InChI is InChI=1S/C30H22N2O/c1-20(21-9-4-2-5-10-21)26-15-16-28-29(32-26)25-14-8-13-24(30(25)33-28)27-19-23(17-18-31-27)22-11-6-3-7-12-22/h2-20H,1H3. The third-order valence-electron chi connectivity index (χ3n) is 6.25. The van der Waals surface area contributed by atoms with Gasteiger partial charge in [0.05, 0.1) is 5.69 Å². The predicted molar refractivity (Wildman–Crippen MR) is 134 cm³/mol. The Hall–Kier alpha value is -4.24. The molecule has 0 saturated heterocycles. The Morgan fingerprint density at radius 2 is 1.52 bits per heavy atom. The summed E-state index contributed by atoms with van der Waals surface area (Å²) < 4.78 is 6.32. The Balaban J connectivity index is 1.47. The molecule has 0 radical (unpaired) electrons. The third kappa shape index (κ3) is 3.48. The van der Waals surface area contributed by atoms with Gasteiger partial charge in [-0.05, 0) is 53.1 Å². The summed E-state index contributed by atoms with van der Waals surface area (Å²) >= 11 is 0. The molecule has 0 fully saturated rings. The normalized spacial score (nSPS) is 12.3. The average Bonchev–Trinajstić information content (AvgIpc) is 3.27. The third-order valence-corrected chi connectivity index (χ3v) is 6.25. The lowest BCUT2D eigenvalue weighted by atomic mass is 9.97. The maximum atomic E-state index is 6.32. The van der Waals surface area contributed by atoms with Crippen LogP contribution >= 0.6 is 0 Å². The molecule has 0 aliphatic rings. The largest absolute Gasteiger partial charge is 0.454 e. The topological polar surface area (TPSA) is 38.9 Å². The molecule has 0 saturated carbocycles. The Bertz CT molecular complexity index is 1570. The van der Waals surface area contributed by atoms with E-state index >= 15 is 0 Å². The minimum atomic E-state index is 0.202. The zero-order valence-corrected chi connectivity index (χ0v) is 18.3. The Morgan fingerprint density at radius 3 is 2.33 bits per heavy atom. The van der Waals surface area contributed by atoms with Gasteiger partial charge in [-0.2, -0.15) is 0 Å². The summed E-state index contributed by atoms with van der Waals surface area (Å²) in [6.45, 7) is 2.19. The van der Waals surface area contributed by atoms with Crippen molar-refractivity contribution in [2.75, 3.05) is 0 Å². The molecule has 6 aromatic rings. The molecule has 33 heavy (non-hydrogen) atoms. The molecule has 1 atom stereocenters. The van der Waals surface area contributed by atoms with Crippen molar-refractivity contribution in [3.8, 4) is 22.4 Å². The van der Waals surface area contributed by atoms with Crippen molar-refractivity contribution < 1.29 is 4.42 Å². The molecular formula is C30H22N2O. The van der Waals surface area contributed by atoms with Gasteiger partial charge in [0.25, 0.3) is 0 Å². The summed E-state index contributed by atoms with van der Waals surface area (Å²) in [5, 5.41) is 1.01. The highest BCUT2D eigenvalue weighted by atomic mass is 16.3. The van der Waals surface area contributed by atoms with Crippen LogP contribution in [0.3, 0.4) is 0 Å². The van der Waals surface area contributed by atoms with Crippen molar-refractivity contribution in [3.63, 3.8) is 0 Å². The van der Waals surface area contributed by atoms with Gasteiger partial charge >= 0.3 is 0 Å². The van der Waals surface area contributed by atoms with Gasteiger partial charge in [0.2, 0.25) is 0 Å². The molecule has 0 amide bonds. The fourth-order valence-electron chi connectivity index (χ4n) is 4.42. The molecule has 3 aromatic carbocycles. The van der Waals surface area contributed by atoms with Crippen LogP contribution in [0.2, 0.25) is 0 Å². The SMILES string of the molecule is CC(c1ccccc1)c1ccc2oc3c(-c4cc(-c5ccccc5)ccn4)cccc3c2n1. The van der Waals surface area contributed by atoms with Gasteiger partial charge in [0, 0.05) is 28.8 Å². The summed E-state index contributed by atoms with van der Waals surface area (Å²) in [5.74, 6) is 0.202. The minimum Gasteiger partial charge on any atom is -0.454 e. The van der Waals surface area contributed by atoms with Gasteiger partial charge in [0.15, 0.2) is 5.58 Å². The molecule has 3 heterocycles. The van der Waals surface area contributed by atoms with Crippen LogP contribution in [0.15, 0.2) is 114 Å². The second-order valence-corrected chi connectivity index (χ2v) is 8.30. The van der Waals surface area contributed by atoms with Gasteiger partial charge in [-0.15, -0.1) is 0 Å². The highest BCUT2D eigenvalue weighted by molar-refractivity contribution is 6.07. The first-order valence-corrected chi connectivity index (χ1v) is 11.2. The summed E-state index contributed by atoms with van der Waals surface area (Å²) in [5.41, 5.74) is 8.95. The van der Waals surface area contributed by atoms with Crippen molar-refractivity contribution in [2.24, 2.45) is 0 Å². The molecule has 3 heteroatoms. The Morgan fingerprint density at radius 1 is 0.727 bits per heavy atom. The van der Waals surface area contributed by atoms with Gasteiger partial charge < -0.3 is 4.42 Å². The molecule has 0 aliphatic heterocycles. The van der Waals surface area contributed by atoms with Crippen LogP contribution in [0.5, 0.6) is 0 Å². The van der Waals surface area contributed by atoms with Crippen LogP contribution in [0.4, 0.5) is 0 Å². The number of nitrogens with zero attached hydrogens (tertiary/aromatic N) is 2. The van der Waals surface area contributed by atoms with E-state index in [9.17, 15) is 0 Å². The van der Waals surface area contributed by atoms with Crippen LogP contribution in [0.1, 0.15) is 24.1 Å². The number of fused-ring (bicyclic) bond motifs is 3. The lowest BCUT2D eigenvalue weighted by molar-refractivity contribution is 0.668. The second kappa shape index (κ2) is 8.03. The summed E-state index contributed by atoms with van der Waals surface area (Å²) in [6, 6.07) is 35.3. The fourth-order valence-corrected chi connectivity index (χ4v) is 4.42. The van der Waals surface area contributed by atoms with Crippen molar-refractivity contribution in [1.82, 2.24) is 9.97 Å². The predicted octanol–water partition coefficient (Wildman–Crippen LogP) is 7.86. The molecule has 0 aliphatic carbocycles. The van der Waals surface area contributed by atoms with Crippen molar-refractivity contribution in [3.05, 3.63) is 121 Å². The summed E-state index contributed by atoms with van der Waals surface area (Å²) in [7, 11) is 0. The monoisotopic (exact) mass is 426 g/mol. The number of para-hydroxylation sites is 1. The first-order chi connectivity index (χ1) is 16.3.